The molecule has 0 aromatic heterocycles. The van der Waals surface area contributed by atoms with Crippen LogP contribution in [0.15, 0.2) is 23.8 Å². The summed E-state index contributed by atoms with van der Waals surface area (Å²) in [4.78, 5) is 0. The highest BCUT2D eigenvalue weighted by Gasteiger charge is 2.11. The van der Waals surface area contributed by atoms with Crippen LogP contribution in [0.5, 0.6) is 0 Å². The Morgan fingerprint density at radius 2 is 2.22 bits per heavy atom. The maximum absolute atomic E-state index is 8.66. The Morgan fingerprint density at radius 1 is 1.44 bits per heavy atom. The van der Waals surface area contributed by atoms with Crippen molar-refractivity contribution in [2.24, 2.45) is 5.92 Å². The van der Waals surface area contributed by atoms with Crippen LogP contribution >= 0.6 is 0 Å². The summed E-state index contributed by atoms with van der Waals surface area (Å²) in [5.41, 5.74) is 0.900. The van der Waals surface area contributed by atoms with Gasteiger partial charge in [-0.3, -0.25) is 0 Å². The molecule has 0 radical (unpaired) electrons. The highest BCUT2D eigenvalue weighted by molar-refractivity contribution is 5.27. The normalized spacial score (nSPS) is 24.7. The number of hydrogen-bond donors (Lipinski definition) is 2. The molecular formula is C7H10O2. The molecule has 0 fully saturated rings. The predicted molar refractivity (Wildman–Crippen MR) is 34.9 cm³/mol. The first-order chi connectivity index (χ1) is 4.38. The summed E-state index contributed by atoms with van der Waals surface area (Å²) in [7, 11) is 0. The lowest BCUT2D eigenvalue weighted by Gasteiger charge is -2.05. The molecule has 0 amide bonds. The molecule has 1 aliphatic rings. The second kappa shape index (κ2) is 2.80. The van der Waals surface area contributed by atoms with Crippen molar-refractivity contribution in [1.82, 2.24) is 0 Å². The first-order valence-electron chi connectivity index (χ1n) is 2.97. The van der Waals surface area contributed by atoms with Crippen LogP contribution in [-0.4, -0.2) is 23.4 Å². The molecule has 9 heavy (non-hydrogen) atoms. The second-order valence-electron chi connectivity index (χ2n) is 2.07. The van der Waals surface area contributed by atoms with Crippen molar-refractivity contribution in [2.75, 3.05) is 13.2 Å². The number of aliphatic hydroxyl groups is 2. The van der Waals surface area contributed by atoms with Gasteiger partial charge < -0.3 is 10.2 Å². The Hall–Kier alpha value is -0.600. The van der Waals surface area contributed by atoms with E-state index in [4.69, 9.17) is 10.2 Å². The van der Waals surface area contributed by atoms with E-state index in [9.17, 15) is 0 Å². The molecule has 1 aliphatic carbocycles. The first-order valence-corrected chi connectivity index (χ1v) is 2.97. The van der Waals surface area contributed by atoms with E-state index in [1.54, 1.807) is 0 Å². The molecule has 0 saturated carbocycles. The van der Waals surface area contributed by atoms with Crippen molar-refractivity contribution >= 4 is 0 Å². The lowest BCUT2D eigenvalue weighted by atomic mass is 10.1. The van der Waals surface area contributed by atoms with Crippen LogP contribution in [0.2, 0.25) is 0 Å². The van der Waals surface area contributed by atoms with Gasteiger partial charge in [0.25, 0.3) is 0 Å². The van der Waals surface area contributed by atoms with Gasteiger partial charge in [0.2, 0.25) is 0 Å². The van der Waals surface area contributed by atoms with Crippen LogP contribution in [-0.2, 0) is 0 Å². The van der Waals surface area contributed by atoms with Crippen molar-refractivity contribution in [3.8, 4) is 0 Å². The van der Waals surface area contributed by atoms with Gasteiger partial charge in [0.1, 0.15) is 0 Å². The van der Waals surface area contributed by atoms with Crippen LogP contribution in [0.1, 0.15) is 0 Å². The fourth-order valence-electron chi connectivity index (χ4n) is 0.909. The van der Waals surface area contributed by atoms with Crippen molar-refractivity contribution in [3.63, 3.8) is 0 Å². The summed E-state index contributed by atoms with van der Waals surface area (Å²) < 4.78 is 0. The van der Waals surface area contributed by atoms with E-state index in [-0.39, 0.29) is 19.1 Å². The number of allylic oxidation sites excluding steroid dienone is 2. The van der Waals surface area contributed by atoms with E-state index in [2.05, 4.69) is 0 Å². The molecule has 50 valence electrons. The highest BCUT2D eigenvalue weighted by atomic mass is 16.3. The van der Waals surface area contributed by atoms with E-state index in [1.165, 1.54) is 0 Å². The van der Waals surface area contributed by atoms with Gasteiger partial charge in [0, 0.05) is 5.92 Å². The average Bonchev–Trinajstić information content (AvgIpc) is 2.33. The van der Waals surface area contributed by atoms with Crippen LogP contribution in [0.25, 0.3) is 0 Å². The number of rotatable bonds is 2. The maximum Gasteiger partial charge on any atom is 0.0651 e. The first kappa shape index (κ1) is 6.52. The third-order valence-electron chi connectivity index (χ3n) is 1.51. The third kappa shape index (κ3) is 1.20. The Morgan fingerprint density at radius 3 is 2.67 bits per heavy atom. The molecule has 0 aromatic rings. The molecule has 0 heterocycles. The average molecular weight is 126 g/mol. The zero-order chi connectivity index (χ0) is 6.69. The number of aliphatic hydroxyl groups excluding tert-OH is 2. The third-order valence-corrected chi connectivity index (χ3v) is 1.51. The Bertz CT molecular complexity index is 147. The minimum absolute atomic E-state index is 0.0538. The van der Waals surface area contributed by atoms with Crippen molar-refractivity contribution in [2.45, 2.75) is 0 Å². The van der Waals surface area contributed by atoms with Gasteiger partial charge in [0.15, 0.2) is 0 Å². The molecule has 0 aromatic carbocycles. The minimum Gasteiger partial charge on any atom is -0.395 e. The lowest BCUT2D eigenvalue weighted by Crippen LogP contribution is -2.06. The zero-order valence-electron chi connectivity index (χ0n) is 5.12. The monoisotopic (exact) mass is 126 g/mol. The Balaban J connectivity index is 2.55. The van der Waals surface area contributed by atoms with E-state index in [0.29, 0.717) is 0 Å². The fourth-order valence-corrected chi connectivity index (χ4v) is 0.909. The summed E-state index contributed by atoms with van der Waals surface area (Å²) in [6.07, 6.45) is 5.57. The Labute approximate surface area is 54.1 Å². The molecule has 2 N–H and O–H groups in total. The van der Waals surface area contributed by atoms with Gasteiger partial charge in [-0.2, -0.15) is 0 Å². The fraction of sp³-hybridized carbons (Fsp3) is 0.429. The second-order valence-corrected chi connectivity index (χ2v) is 2.07. The van der Waals surface area contributed by atoms with Crippen LogP contribution in [0, 0.1) is 5.92 Å². The smallest absolute Gasteiger partial charge is 0.0651 e. The van der Waals surface area contributed by atoms with Crippen molar-refractivity contribution < 1.29 is 10.2 Å². The van der Waals surface area contributed by atoms with Crippen molar-refractivity contribution in [3.05, 3.63) is 23.8 Å². The van der Waals surface area contributed by atoms with Gasteiger partial charge in [-0.05, 0) is 5.57 Å². The molecule has 2 heteroatoms. The van der Waals surface area contributed by atoms with Gasteiger partial charge >= 0.3 is 0 Å². The van der Waals surface area contributed by atoms with Crippen LogP contribution < -0.4 is 0 Å². The standard InChI is InChI=1S/C7H10O2/c8-4-6-2-1-3-7(6)5-9/h1-3,6,8-9H,4-5H2. The highest BCUT2D eigenvalue weighted by Crippen LogP contribution is 2.17. The lowest BCUT2D eigenvalue weighted by molar-refractivity contribution is 0.250. The van der Waals surface area contributed by atoms with Gasteiger partial charge in [-0.15, -0.1) is 0 Å². The van der Waals surface area contributed by atoms with E-state index in [1.807, 2.05) is 18.2 Å². The molecule has 1 rings (SSSR count). The van der Waals surface area contributed by atoms with E-state index < -0.39 is 0 Å². The number of hydrogen-bond acceptors (Lipinski definition) is 2. The van der Waals surface area contributed by atoms with Gasteiger partial charge in [-0.25, -0.2) is 0 Å². The summed E-state index contributed by atoms with van der Waals surface area (Å²) >= 11 is 0. The van der Waals surface area contributed by atoms with E-state index >= 15 is 0 Å². The van der Waals surface area contributed by atoms with Gasteiger partial charge in [-0.1, -0.05) is 18.2 Å². The van der Waals surface area contributed by atoms with Crippen LogP contribution in [0.4, 0.5) is 0 Å². The molecule has 0 aliphatic heterocycles. The molecule has 0 spiro atoms. The predicted octanol–water partition coefficient (Wildman–Crippen LogP) is 0.0834. The summed E-state index contributed by atoms with van der Waals surface area (Å²) in [6.45, 7) is 0.154. The van der Waals surface area contributed by atoms with Crippen molar-refractivity contribution in [1.29, 1.82) is 0 Å². The molecule has 0 saturated heterocycles. The van der Waals surface area contributed by atoms with Gasteiger partial charge in [0.05, 0.1) is 13.2 Å². The largest absolute Gasteiger partial charge is 0.395 e. The summed E-state index contributed by atoms with van der Waals surface area (Å²) in [5, 5.41) is 17.3. The Kier molecular flexibility index (Phi) is 2.03. The molecule has 1 unspecified atom stereocenters. The van der Waals surface area contributed by atoms with E-state index in [0.717, 1.165) is 5.57 Å². The SMILES string of the molecule is OCC1=CC=CC1CO. The zero-order valence-corrected chi connectivity index (χ0v) is 5.12. The summed E-state index contributed by atoms with van der Waals surface area (Å²) in [6, 6.07) is 0. The topological polar surface area (TPSA) is 40.5 Å². The van der Waals surface area contributed by atoms with Crippen LogP contribution in [0.3, 0.4) is 0 Å². The summed E-state index contributed by atoms with van der Waals surface area (Å²) in [5.74, 6) is 0.0648. The quantitative estimate of drug-likeness (QED) is 0.550. The minimum atomic E-state index is 0.0538. The maximum atomic E-state index is 8.66. The molecule has 2 nitrogen and oxygen atoms in total. The molecule has 1 atom stereocenters. The molecule has 0 bridgehead atoms. The molecular weight excluding hydrogens is 116 g/mol.